The molecule has 0 saturated carbocycles. The number of benzene rings is 2. The molecule has 0 spiro atoms. The quantitative estimate of drug-likeness (QED) is 0.139. The molecule has 0 aliphatic heterocycles. The standard InChI is InChI=1S/C36H59O4P/c1-9-11-13-15-17-19-23-29-24-21-27-32(30(29)25-20-18-16-14-12-10-2)39-41(37,38)40-33-28-22-26-31(35(3,4)5)34(33)36(6,7)8/h21-22,24,26-28H,9-20,23,25H2,1-8H3,(H,37,38). The molecule has 0 amide bonds. The molecule has 1 unspecified atom stereocenters. The second-order valence-corrected chi connectivity index (χ2v) is 15.1. The summed E-state index contributed by atoms with van der Waals surface area (Å²) < 4.78 is 25.4. The summed E-state index contributed by atoms with van der Waals surface area (Å²) in [6.45, 7) is 17.3. The molecule has 1 N–H and O–H groups in total. The SMILES string of the molecule is CCCCCCCCc1cccc(OP(=O)(O)Oc2cccc(C(C)(C)C)c2C(C)(C)C)c1CCCCCCCC. The van der Waals surface area contributed by atoms with E-state index in [1.54, 1.807) is 6.07 Å². The fourth-order valence-corrected chi connectivity index (χ4v) is 6.52. The highest BCUT2D eigenvalue weighted by Crippen LogP contribution is 2.50. The Morgan fingerprint density at radius 1 is 0.634 bits per heavy atom. The Hall–Kier alpha value is -1.77. The van der Waals surface area contributed by atoms with Gasteiger partial charge in [-0.25, -0.2) is 4.57 Å². The number of rotatable bonds is 18. The predicted molar refractivity (Wildman–Crippen MR) is 176 cm³/mol. The van der Waals surface area contributed by atoms with Crippen molar-refractivity contribution in [3.05, 3.63) is 58.7 Å². The number of unbranched alkanes of at least 4 members (excludes halogenated alkanes) is 10. The van der Waals surface area contributed by atoms with Crippen LogP contribution in [0.15, 0.2) is 36.4 Å². The van der Waals surface area contributed by atoms with Gasteiger partial charge in [-0.05, 0) is 65.3 Å². The van der Waals surface area contributed by atoms with Crippen LogP contribution in [0.3, 0.4) is 0 Å². The van der Waals surface area contributed by atoms with Crippen LogP contribution in [0.5, 0.6) is 11.5 Å². The lowest BCUT2D eigenvalue weighted by atomic mass is 9.75. The highest BCUT2D eigenvalue weighted by molar-refractivity contribution is 7.48. The molecule has 0 radical (unpaired) electrons. The maximum Gasteiger partial charge on any atom is 0.584 e. The van der Waals surface area contributed by atoms with Crippen LogP contribution < -0.4 is 9.05 Å². The third-order valence-electron chi connectivity index (χ3n) is 7.82. The van der Waals surface area contributed by atoms with Crippen molar-refractivity contribution in [1.29, 1.82) is 0 Å². The molecule has 2 rings (SSSR count). The van der Waals surface area contributed by atoms with E-state index in [2.05, 4.69) is 67.5 Å². The van der Waals surface area contributed by atoms with Crippen LogP contribution in [0.2, 0.25) is 0 Å². The summed E-state index contributed by atoms with van der Waals surface area (Å²) in [5, 5.41) is 0. The van der Waals surface area contributed by atoms with E-state index in [-0.39, 0.29) is 10.8 Å². The lowest BCUT2D eigenvalue weighted by Gasteiger charge is -2.32. The molecule has 0 aliphatic carbocycles. The molecule has 0 fully saturated rings. The summed E-state index contributed by atoms with van der Waals surface area (Å²) in [6, 6.07) is 11.7. The fourth-order valence-electron chi connectivity index (χ4n) is 5.67. The second-order valence-electron chi connectivity index (χ2n) is 13.8. The number of phosphoric ester groups is 1. The highest BCUT2D eigenvalue weighted by Gasteiger charge is 2.33. The average Bonchev–Trinajstić information content (AvgIpc) is 2.87. The van der Waals surface area contributed by atoms with Gasteiger partial charge in [0.2, 0.25) is 0 Å². The van der Waals surface area contributed by atoms with Crippen LogP contribution in [-0.2, 0) is 28.2 Å². The molecule has 0 bridgehead atoms. The summed E-state index contributed by atoms with van der Waals surface area (Å²) in [4.78, 5) is 11.1. The molecule has 0 aromatic heterocycles. The van der Waals surface area contributed by atoms with Gasteiger partial charge in [-0.1, -0.05) is 144 Å². The number of aryl methyl sites for hydroxylation is 1. The molecule has 2 aromatic rings. The second kappa shape index (κ2) is 16.8. The molecule has 4 nitrogen and oxygen atoms in total. The summed E-state index contributed by atoms with van der Waals surface area (Å²) in [6.07, 6.45) is 16.5. The van der Waals surface area contributed by atoms with Crippen LogP contribution in [0.25, 0.3) is 0 Å². The van der Waals surface area contributed by atoms with Gasteiger partial charge in [0.1, 0.15) is 11.5 Å². The van der Waals surface area contributed by atoms with Crippen LogP contribution in [0.1, 0.15) is 155 Å². The van der Waals surface area contributed by atoms with Crippen molar-refractivity contribution in [2.24, 2.45) is 0 Å². The molecule has 0 heterocycles. The molecule has 0 saturated heterocycles. The van der Waals surface area contributed by atoms with Crippen LogP contribution >= 0.6 is 7.82 Å². The van der Waals surface area contributed by atoms with E-state index in [0.29, 0.717) is 11.5 Å². The summed E-state index contributed by atoms with van der Waals surface area (Å²) >= 11 is 0. The lowest BCUT2D eigenvalue weighted by molar-refractivity contribution is 0.286. The minimum absolute atomic E-state index is 0.141. The maximum atomic E-state index is 13.6. The van der Waals surface area contributed by atoms with Crippen molar-refractivity contribution in [3.8, 4) is 11.5 Å². The van der Waals surface area contributed by atoms with E-state index in [0.717, 1.165) is 48.8 Å². The number of hydrogen-bond donors (Lipinski definition) is 1. The summed E-state index contributed by atoms with van der Waals surface area (Å²) in [5.41, 5.74) is 3.92. The normalized spacial score (nSPS) is 13.7. The molecule has 41 heavy (non-hydrogen) atoms. The maximum absolute atomic E-state index is 13.6. The zero-order chi connectivity index (χ0) is 30.5. The van der Waals surface area contributed by atoms with Gasteiger partial charge in [-0.15, -0.1) is 0 Å². The Balaban J connectivity index is 2.30. The van der Waals surface area contributed by atoms with E-state index < -0.39 is 7.82 Å². The first-order valence-electron chi connectivity index (χ1n) is 16.3. The molecule has 5 heteroatoms. The third-order valence-corrected chi connectivity index (χ3v) is 8.68. The molecule has 2 aromatic carbocycles. The first-order chi connectivity index (χ1) is 19.3. The Labute approximate surface area is 252 Å². The monoisotopic (exact) mass is 586 g/mol. The Morgan fingerprint density at radius 2 is 1.12 bits per heavy atom. The van der Waals surface area contributed by atoms with Gasteiger partial charge in [0.05, 0.1) is 0 Å². The van der Waals surface area contributed by atoms with E-state index in [4.69, 9.17) is 9.05 Å². The molecular weight excluding hydrogens is 527 g/mol. The largest absolute Gasteiger partial charge is 0.584 e. The van der Waals surface area contributed by atoms with Crippen LogP contribution in [0.4, 0.5) is 0 Å². The first kappa shape index (κ1) is 35.4. The first-order valence-corrected chi connectivity index (χ1v) is 17.8. The van der Waals surface area contributed by atoms with Crippen molar-refractivity contribution >= 4 is 7.82 Å². The van der Waals surface area contributed by atoms with Crippen molar-refractivity contribution in [2.75, 3.05) is 0 Å². The highest BCUT2D eigenvalue weighted by atomic mass is 31.2. The predicted octanol–water partition coefficient (Wildman–Crippen LogP) is 11.6. The minimum atomic E-state index is -4.45. The van der Waals surface area contributed by atoms with Gasteiger partial charge in [0, 0.05) is 5.56 Å². The molecule has 232 valence electrons. The van der Waals surface area contributed by atoms with Gasteiger partial charge >= 0.3 is 7.82 Å². The molecule has 0 aliphatic rings. The third kappa shape index (κ3) is 12.2. The van der Waals surface area contributed by atoms with Crippen molar-refractivity contribution in [2.45, 2.75) is 156 Å². The van der Waals surface area contributed by atoms with Crippen LogP contribution in [-0.4, -0.2) is 4.89 Å². The van der Waals surface area contributed by atoms with E-state index in [1.165, 1.54) is 63.4 Å². The van der Waals surface area contributed by atoms with E-state index in [9.17, 15) is 9.46 Å². The van der Waals surface area contributed by atoms with E-state index in [1.807, 2.05) is 18.2 Å². The lowest BCUT2D eigenvalue weighted by Crippen LogP contribution is -2.23. The van der Waals surface area contributed by atoms with Crippen molar-refractivity contribution in [3.63, 3.8) is 0 Å². The molecule has 1 atom stereocenters. The van der Waals surface area contributed by atoms with Gasteiger partial charge < -0.3 is 9.05 Å². The van der Waals surface area contributed by atoms with Crippen molar-refractivity contribution in [1.82, 2.24) is 0 Å². The van der Waals surface area contributed by atoms with Crippen LogP contribution in [0, 0.1) is 0 Å². The topological polar surface area (TPSA) is 55.8 Å². The van der Waals surface area contributed by atoms with E-state index >= 15 is 0 Å². The zero-order valence-electron chi connectivity index (χ0n) is 27.5. The fraction of sp³-hybridized carbons (Fsp3) is 0.667. The summed E-state index contributed by atoms with van der Waals surface area (Å²) in [5.74, 6) is 0.897. The number of phosphoric acid groups is 1. The Kier molecular flexibility index (Phi) is 14.5. The Morgan fingerprint density at radius 3 is 1.68 bits per heavy atom. The zero-order valence-corrected chi connectivity index (χ0v) is 28.4. The smallest absolute Gasteiger partial charge is 0.395 e. The summed E-state index contributed by atoms with van der Waals surface area (Å²) in [7, 11) is -4.45. The number of hydrogen-bond acceptors (Lipinski definition) is 3. The minimum Gasteiger partial charge on any atom is -0.395 e. The van der Waals surface area contributed by atoms with Gasteiger partial charge in [0.25, 0.3) is 0 Å². The van der Waals surface area contributed by atoms with Gasteiger partial charge in [-0.3, -0.25) is 4.89 Å². The molecular formula is C36H59O4P. The van der Waals surface area contributed by atoms with Gasteiger partial charge in [0.15, 0.2) is 0 Å². The average molecular weight is 587 g/mol. The van der Waals surface area contributed by atoms with Crippen molar-refractivity contribution < 1.29 is 18.5 Å². The van der Waals surface area contributed by atoms with Gasteiger partial charge in [-0.2, -0.15) is 0 Å². The Bertz CT molecular complexity index is 1090.